The number of nitrogens with zero attached hydrogens (tertiary/aromatic N) is 1. The molecule has 1 amide bonds. The minimum atomic E-state index is -0.591. The fraction of sp³-hybridized carbons (Fsp3) is 0.375. The number of carbonyl (C=O) groups is 1. The van der Waals surface area contributed by atoms with Crippen molar-refractivity contribution < 1.29 is 14.3 Å². The molecule has 3 aliphatic heterocycles. The maximum Gasteiger partial charge on any atom is 0.410 e. The van der Waals surface area contributed by atoms with Gasteiger partial charge in [0.15, 0.2) is 5.72 Å². The van der Waals surface area contributed by atoms with E-state index in [2.05, 4.69) is 36.2 Å². The standard InChI is InChI=1S/C24H24N2O3/c1-16-13-21-24-23(19(16)15-29-24,18-9-5-6-10-20(18)25-24)11-12-26(21)22(27)28-14-17-7-3-2-4-8-17/h2-10,19,21,25H,1,11-15H2/t19-,21-,23-,24+/m0/s1. The zero-order valence-electron chi connectivity index (χ0n) is 16.3. The molecule has 3 fully saturated rings. The van der Waals surface area contributed by atoms with Gasteiger partial charge in [-0.2, -0.15) is 0 Å². The molecule has 1 aliphatic carbocycles. The summed E-state index contributed by atoms with van der Waals surface area (Å²) in [6.45, 7) is 6.00. The second kappa shape index (κ2) is 5.86. The maximum atomic E-state index is 13.1. The van der Waals surface area contributed by atoms with Crippen molar-refractivity contribution in [1.82, 2.24) is 4.90 Å². The maximum absolute atomic E-state index is 13.1. The van der Waals surface area contributed by atoms with Crippen LogP contribution < -0.4 is 5.32 Å². The number of benzene rings is 2. The molecule has 4 bridgehead atoms. The third-order valence-corrected chi connectivity index (χ3v) is 7.44. The van der Waals surface area contributed by atoms with E-state index in [0.29, 0.717) is 13.2 Å². The first-order chi connectivity index (χ1) is 14.2. The average Bonchev–Trinajstić information content (AvgIpc) is 3.18. The van der Waals surface area contributed by atoms with Crippen LogP contribution in [0.2, 0.25) is 0 Å². The van der Waals surface area contributed by atoms with Crippen molar-refractivity contribution in [2.75, 3.05) is 18.5 Å². The van der Waals surface area contributed by atoms with Crippen molar-refractivity contribution in [2.24, 2.45) is 5.92 Å². The van der Waals surface area contributed by atoms with E-state index in [9.17, 15) is 4.79 Å². The van der Waals surface area contributed by atoms with Crippen LogP contribution in [-0.4, -0.2) is 35.9 Å². The van der Waals surface area contributed by atoms with Crippen molar-refractivity contribution in [1.29, 1.82) is 0 Å². The Morgan fingerprint density at radius 2 is 2.00 bits per heavy atom. The number of amides is 1. The van der Waals surface area contributed by atoms with E-state index in [1.54, 1.807) is 0 Å². The van der Waals surface area contributed by atoms with Gasteiger partial charge in [0.05, 0.1) is 18.1 Å². The Morgan fingerprint density at radius 1 is 1.21 bits per heavy atom. The van der Waals surface area contributed by atoms with Crippen LogP contribution in [-0.2, 0) is 21.5 Å². The van der Waals surface area contributed by atoms with Crippen LogP contribution in [0, 0.1) is 5.92 Å². The lowest BCUT2D eigenvalue weighted by molar-refractivity contribution is -0.101. The molecular weight excluding hydrogens is 364 g/mol. The molecule has 6 rings (SSSR count). The first kappa shape index (κ1) is 17.1. The van der Waals surface area contributed by atoms with Crippen LogP contribution in [0.25, 0.3) is 0 Å². The fourth-order valence-corrected chi connectivity index (χ4v) is 6.24. The van der Waals surface area contributed by atoms with E-state index in [1.165, 1.54) is 11.1 Å². The summed E-state index contributed by atoms with van der Waals surface area (Å²) in [4.78, 5) is 15.0. The molecule has 0 aromatic heterocycles. The van der Waals surface area contributed by atoms with Crippen molar-refractivity contribution in [2.45, 2.75) is 36.6 Å². The van der Waals surface area contributed by atoms with Crippen molar-refractivity contribution in [3.8, 4) is 0 Å². The summed E-state index contributed by atoms with van der Waals surface area (Å²) in [7, 11) is 0. The second-order valence-corrected chi connectivity index (χ2v) is 8.60. The molecule has 2 aromatic rings. The first-order valence-electron chi connectivity index (χ1n) is 10.3. The molecule has 148 valence electrons. The number of carbonyl (C=O) groups excluding carboxylic acids is 1. The minimum Gasteiger partial charge on any atom is -0.445 e. The summed E-state index contributed by atoms with van der Waals surface area (Å²) in [5, 5.41) is 3.70. The zero-order chi connectivity index (χ0) is 19.6. The number of likely N-dealkylation sites (tertiary alicyclic amines) is 1. The molecule has 29 heavy (non-hydrogen) atoms. The van der Waals surface area contributed by atoms with E-state index in [1.807, 2.05) is 35.2 Å². The van der Waals surface area contributed by atoms with Gasteiger partial charge in [0, 0.05) is 18.2 Å². The molecule has 0 spiro atoms. The zero-order valence-corrected chi connectivity index (χ0v) is 16.3. The number of para-hydroxylation sites is 1. The Labute approximate surface area is 170 Å². The minimum absolute atomic E-state index is 0.127. The van der Waals surface area contributed by atoms with Crippen molar-refractivity contribution in [3.05, 3.63) is 77.9 Å². The van der Waals surface area contributed by atoms with Gasteiger partial charge >= 0.3 is 6.09 Å². The van der Waals surface area contributed by atoms with Gasteiger partial charge in [-0.05, 0) is 30.0 Å². The molecule has 3 heterocycles. The molecule has 4 atom stereocenters. The molecule has 5 nitrogen and oxygen atoms in total. The highest BCUT2D eigenvalue weighted by Gasteiger charge is 2.75. The van der Waals surface area contributed by atoms with Crippen molar-refractivity contribution >= 4 is 11.8 Å². The third kappa shape index (κ3) is 2.06. The highest BCUT2D eigenvalue weighted by atomic mass is 16.6. The monoisotopic (exact) mass is 388 g/mol. The number of piperidine rings is 1. The van der Waals surface area contributed by atoms with E-state index < -0.39 is 5.72 Å². The van der Waals surface area contributed by atoms with E-state index in [-0.39, 0.29) is 30.1 Å². The summed E-state index contributed by atoms with van der Waals surface area (Å²) in [6.07, 6.45) is 1.31. The lowest BCUT2D eigenvalue weighted by Crippen LogP contribution is -2.72. The largest absolute Gasteiger partial charge is 0.445 e. The van der Waals surface area contributed by atoms with Crippen LogP contribution in [0.3, 0.4) is 0 Å². The first-order valence-corrected chi connectivity index (χ1v) is 10.3. The van der Waals surface area contributed by atoms with Gasteiger partial charge in [0.1, 0.15) is 6.61 Å². The van der Waals surface area contributed by atoms with Crippen LogP contribution in [0.4, 0.5) is 10.5 Å². The Bertz CT molecular complexity index is 1010. The Morgan fingerprint density at radius 3 is 2.86 bits per heavy atom. The summed E-state index contributed by atoms with van der Waals surface area (Å²) in [5.41, 5.74) is 3.86. The van der Waals surface area contributed by atoms with E-state index >= 15 is 0 Å². The summed E-state index contributed by atoms with van der Waals surface area (Å²) in [5.74, 6) is 0.289. The highest BCUT2D eigenvalue weighted by Crippen LogP contribution is 2.67. The molecule has 0 radical (unpaired) electrons. The number of fused-ring (bicyclic) bond motifs is 1. The van der Waals surface area contributed by atoms with Gasteiger partial charge in [0.25, 0.3) is 0 Å². The smallest absolute Gasteiger partial charge is 0.410 e. The van der Waals surface area contributed by atoms with Crippen LogP contribution in [0.5, 0.6) is 0 Å². The Kier molecular flexibility index (Phi) is 3.46. The summed E-state index contributed by atoms with van der Waals surface area (Å²) in [6, 6.07) is 18.2. The van der Waals surface area contributed by atoms with Gasteiger partial charge in [-0.3, -0.25) is 4.90 Å². The van der Waals surface area contributed by atoms with Crippen LogP contribution in [0.15, 0.2) is 66.7 Å². The molecule has 5 heteroatoms. The molecule has 1 saturated carbocycles. The average molecular weight is 388 g/mol. The number of hydrogen-bond donors (Lipinski definition) is 1. The normalized spacial score (nSPS) is 33.7. The highest BCUT2D eigenvalue weighted by molar-refractivity contribution is 5.73. The lowest BCUT2D eigenvalue weighted by atomic mass is 9.55. The number of nitrogens with one attached hydrogen (secondary N) is 1. The summed E-state index contributed by atoms with van der Waals surface area (Å²) >= 11 is 0. The lowest BCUT2D eigenvalue weighted by Gasteiger charge is -2.57. The number of anilines is 1. The van der Waals surface area contributed by atoms with Gasteiger partial charge < -0.3 is 14.8 Å². The van der Waals surface area contributed by atoms with Crippen molar-refractivity contribution in [3.63, 3.8) is 0 Å². The fourth-order valence-electron chi connectivity index (χ4n) is 6.24. The van der Waals surface area contributed by atoms with Gasteiger partial charge in [0.2, 0.25) is 0 Å². The predicted molar refractivity (Wildman–Crippen MR) is 109 cm³/mol. The van der Waals surface area contributed by atoms with Gasteiger partial charge in [-0.1, -0.05) is 60.7 Å². The topological polar surface area (TPSA) is 50.8 Å². The number of hydrogen-bond acceptors (Lipinski definition) is 4. The van der Waals surface area contributed by atoms with E-state index in [4.69, 9.17) is 9.47 Å². The molecule has 1 N–H and O–H groups in total. The molecule has 4 aliphatic rings. The number of rotatable bonds is 2. The van der Waals surface area contributed by atoms with Crippen LogP contribution >= 0.6 is 0 Å². The second-order valence-electron chi connectivity index (χ2n) is 8.60. The Balaban J connectivity index is 1.35. The van der Waals surface area contributed by atoms with Gasteiger partial charge in [-0.15, -0.1) is 0 Å². The quantitative estimate of drug-likeness (QED) is 0.788. The Hall–Kier alpha value is -2.79. The van der Waals surface area contributed by atoms with Gasteiger partial charge in [-0.25, -0.2) is 4.79 Å². The third-order valence-electron chi connectivity index (χ3n) is 7.44. The van der Waals surface area contributed by atoms with Crippen LogP contribution in [0.1, 0.15) is 24.0 Å². The molecular formula is C24H24N2O3. The number of ether oxygens (including phenoxy) is 2. The molecule has 2 saturated heterocycles. The predicted octanol–water partition coefficient (Wildman–Crippen LogP) is 4.06. The molecule has 2 aromatic carbocycles. The van der Waals surface area contributed by atoms with E-state index in [0.717, 1.165) is 24.1 Å². The SMILES string of the molecule is C=C1C[C@@H]2N(C(=O)OCc3ccccc3)CC[C@@]34c5ccccc5N[C@@]23OC[C@@H]14. The molecule has 0 unspecified atom stereocenters. The summed E-state index contributed by atoms with van der Waals surface area (Å²) < 4.78 is 12.2.